The van der Waals surface area contributed by atoms with Crippen molar-refractivity contribution in [2.24, 2.45) is 25.8 Å². The number of aromatic nitrogens is 1. The standard InChI is InChI=1S/C37H48N4O6S/c1-21-19-36(3,4)30(38-21)18-29-25(15-35(44)47-9)24(12-14-34(43)46-8)28(40-29)16-27-23(11-13-33(42)45-7)22(2)26(39-27)17-31-37(5,6)20-32(41-31)48-10/h16-18,40H,11-15,19-20H2,1-10H3/b27-16-,30-18-,31-17-. The van der Waals surface area contributed by atoms with Gasteiger partial charge < -0.3 is 19.2 Å². The number of carbonyl (C=O) groups excluding carboxylic acids is 3. The molecule has 10 nitrogen and oxygen atoms in total. The lowest BCUT2D eigenvalue weighted by Crippen LogP contribution is -2.11. The van der Waals surface area contributed by atoms with E-state index in [-0.39, 0.29) is 42.0 Å². The number of aliphatic imine (C=N–C) groups is 3. The van der Waals surface area contributed by atoms with Gasteiger partial charge >= 0.3 is 17.9 Å². The maximum atomic E-state index is 12.7. The molecule has 1 aromatic heterocycles. The van der Waals surface area contributed by atoms with Crippen LogP contribution in [0.2, 0.25) is 0 Å². The number of H-pyrrole nitrogens is 1. The van der Waals surface area contributed by atoms with E-state index in [1.807, 2.05) is 38.3 Å². The second-order valence-electron chi connectivity index (χ2n) is 13.7. The van der Waals surface area contributed by atoms with Crippen LogP contribution in [-0.2, 0) is 41.4 Å². The molecule has 258 valence electrons. The zero-order valence-electron chi connectivity index (χ0n) is 29.9. The molecule has 11 heteroatoms. The van der Waals surface area contributed by atoms with E-state index in [1.54, 1.807) is 11.8 Å². The highest BCUT2D eigenvalue weighted by molar-refractivity contribution is 8.13. The molecule has 0 saturated carbocycles. The molecular weight excluding hydrogens is 628 g/mol. The molecule has 0 spiro atoms. The molecule has 0 unspecified atom stereocenters. The van der Waals surface area contributed by atoms with Gasteiger partial charge in [-0.3, -0.25) is 24.4 Å². The smallest absolute Gasteiger partial charge is 0.310 e. The summed E-state index contributed by atoms with van der Waals surface area (Å²) in [6.45, 7) is 12.7. The molecule has 0 amide bonds. The molecule has 0 saturated heterocycles. The van der Waals surface area contributed by atoms with Gasteiger partial charge in [-0.25, -0.2) is 4.99 Å². The minimum absolute atomic E-state index is 0.00442. The van der Waals surface area contributed by atoms with E-state index in [9.17, 15) is 14.4 Å². The molecular formula is C37H48N4O6S. The largest absolute Gasteiger partial charge is 0.469 e. The van der Waals surface area contributed by atoms with Gasteiger partial charge in [-0.1, -0.05) is 27.7 Å². The molecule has 0 bridgehead atoms. The lowest BCUT2D eigenvalue weighted by atomic mass is 9.86. The lowest BCUT2D eigenvalue weighted by molar-refractivity contribution is -0.141. The van der Waals surface area contributed by atoms with Gasteiger partial charge in [0, 0.05) is 58.6 Å². The number of esters is 3. The Morgan fingerprint density at radius 3 is 1.92 bits per heavy atom. The highest BCUT2D eigenvalue weighted by Gasteiger charge is 2.33. The zero-order chi connectivity index (χ0) is 35.4. The zero-order valence-corrected chi connectivity index (χ0v) is 30.7. The van der Waals surface area contributed by atoms with Crippen LogP contribution in [0.15, 0.2) is 49.3 Å². The maximum absolute atomic E-state index is 12.7. The summed E-state index contributed by atoms with van der Waals surface area (Å²) in [6, 6.07) is 0. The Balaban J connectivity index is 1.93. The minimum Gasteiger partial charge on any atom is -0.469 e. The second kappa shape index (κ2) is 15.1. The van der Waals surface area contributed by atoms with Crippen LogP contribution < -0.4 is 0 Å². The van der Waals surface area contributed by atoms with Gasteiger partial charge in [-0.05, 0) is 79.9 Å². The summed E-state index contributed by atoms with van der Waals surface area (Å²) in [5.41, 5.74) is 8.87. The number of rotatable bonds is 11. The van der Waals surface area contributed by atoms with E-state index in [2.05, 4.69) is 32.7 Å². The number of hydrogen-bond donors (Lipinski definition) is 1. The van der Waals surface area contributed by atoms with E-state index in [0.717, 1.165) is 68.7 Å². The van der Waals surface area contributed by atoms with E-state index < -0.39 is 5.97 Å². The molecule has 4 rings (SSSR count). The molecule has 4 heterocycles. The summed E-state index contributed by atoms with van der Waals surface area (Å²) >= 11 is 1.66. The van der Waals surface area contributed by atoms with E-state index in [0.29, 0.717) is 24.2 Å². The number of carbonyl (C=O) groups is 3. The van der Waals surface area contributed by atoms with Crippen molar-refractivity contribution in [3.8, 4) is 0 Å². The summed E-state index contributed by atoms with van der Waals surface area (Å²) in [5, 5.41) is 1.08. The topological polar surface area (TPSA) is 132 Å². The Bertz CT molecular complexity index is 1710. The average Bonchev–Trinajstić information content (AvgIpc) is 3.70. The monoisotopic (exact) mass is 676 g/mol. The van der Waals surface area contributed by atoms with Crippen LogP contribution in [0.3, 0.4) is 0 Å². The van der Waals surface area contributed by atoms with Crippen molar-refractivity contribution in [2.45, 2.75) is 86.5 Å². The number of hydrogen-bond acceptors (Lipinski definition) is 10. The summed E-state index contributed by atoms with van der Waals surface area (Å²) in [4.78, 5) is 55.7. The second-order valence-corrected chi connectivity index (χ2v) is 14.6. The Morgan fingerprint density at radius 1 is 0.771 bits per heavy atom. The Morgan fingerprint density at radius 2 is 1.35 bits per heavy atom. The lowest BCUT2D eigenvalue weighted by Gasteiger charge is -2.18. The van der Waals surface area contributed by atoms with Crippen LogP contribution in [0.25, 0.3) is 12.2 Å². The van der Waals surface area contributed by atoms with Crippen molar-refractivity contribution in [3.63, 3.8) is 0 Å². The molecule has 3 aliphatic rings. The minimum atomic E-state index is -0.399. The SMILES string of the molecule is COC(=O)CCC1=C(C)C(/C=C2\N=C(SC)CC2(C)C)=NC/1=C\c1[nH]c(/C=C2\N=C(C)CC2(C)C)c(CC(=O)OC)c1CCC(=O)OC. The molecule has 0 atom stereocenters. The fourth-order valence-electron chi connectivity index (χ4n) is 6.33. The summed E-state index contributed by atoms with van der Waals surface area (Å²) < 4.78 is 15.0. The molecule has 0 radical (unpaired) electrons. The third-order valence-electron chi connectivity index (χ3n) is 9.14. The maximum Gasteiger partial charge on any atom is 0.310 e. The Labute approximate surface area is 288 Å². The van der Waals surface area contributed by atoms with Gasteiger partial charge in [0.15, 0.2) is 0 Å². The number of ether oxygens (including phenoxy) is 3. The van der Waals surface area contributed by atoms with Crippen LogP contribution >= 0.6 is 11.8 Å². The molecule has 3 aliphatic heterocycles. The summed E-state index contributed by atoms with van der Waals surface area (Å²) in [6.07, 6.45) is 10.8. The van der Waals surface area contributed by atoms with Crippen molar-refractivity contribution >= 4 is 58.3 Å². The third-order valence-corrected chi connectivity index (χ3v) is 9.85. The van der Waals surface area contributed by atoms with Crippen LogP contribution in [0.4, 0.5) is 0 Å². The van der Waals surface area contributed by atoms with Crippen LogP contribution in [-0.4, -0.2) is 66.9 Å². The average molecular weight is 677 g/mol. The van der Waals surface area contributed by atoms with Gasteiger partial charge in [0.1, 0.15) is 0 Å². The quantitative estimate of drug-likeness (QED) is 0.194. The number of nitrogens with zero attached hydrogens (tertiary/aromatic N) is 3. The Hall–Kier alpha value is -3.99. The Kier molecular flexibility index (Phi) is 11.6. The number of aromatic amines is 1. The molecule has 1 aromatic rings. The highest BCUT2D eigenvalue weighted by atomic mass is 32.2. The van der Waals surface area contributed by atoms with Crippen molar-refractivity contribution < 1.29 is 28.6 Å². The third kappa shape index (κ3) is 8.35. The fourth-order valence-corrected chi connectivity index (χ4v) is 7.02. The first-order chi connectivity index (χ1) is 22.6. The first-order valence-electron chi connectivity index (χ1n) is 16.2. The van der Waals surface area contributed by atoms with Crippen LogP contribution in [0.5, 0.6) is 0 Å². The molecule has 1 N–H and O–H groups in total. The highest BCUT2D eigenvalue weighted by Crippen LogP contribution is 2.42. The van der Waals surface area contributed by atoms with Gasteiger partial charge in [-0.15, -0.1) is 11.8 Å². The van der Waals surface area contributed by atoms with E-state index in [4.69, 9.17) is 29.2 Å². The van der Waals surface area contributed by atoms with Crippen molar-refractivity contribution in [2.75, 3.05) is 27.6 Å². The fraction of sp³-hybridized carbons (Fsp3) is 0.514. The normalized spacial score (nSPS) is 20.8. The molecule has 0 aliphatic carbocycles. The molecule has 48 heavy (non-hydrogen) atoms. The van der Waals surface area contributed by atoms with Gasteiger partial charge in [0.25, 0.3) is 0 Å². The van der Waals surface area contributed by atoms with Gasteiger partial charge in [-0.2, -0.15) is 0 Å². The molecule has 0 aromatic carbocycles. The van der Waals surface area contributed by atoms with Crippen LogP contribution in [0, 0.1) is 10.8 Å². The van der Waals surface area contributed by atoms with E-state index in [1.165, 1.54) is 21.3 Å². The number of thioether (sulfide) groups is 1. The first kappa shape index (κ1) is 36.8. The first-order valence-corrected chi connectivity index (χ1v) is 17.4. The molecule has 0 fully saturated rings. The summed E-state index contributed by atoms with van der Waals surface area (Å²) in [5.74, 6) is -1.07. The van der Waals surface area contributed by atoms with Crippen molar-refractivity contribution in [1.29, 1.82) is 0 Å². The number of allylic oxidation sites excluding steroid dienone is 5. The number of methoxy groups -OCH3 is 3. The van der Waals surface area contributed by atoms with Crippen molar-refractivity contribution in [3.05, 3.63) is 56.8 Å². The number of nitrogens with one attached hydrogen (secondary N) is 1. The van der Waals surface area contributed by atoms with Gasteiger partial charge in [0.05, 0.1) is 44.2 Å². The predicted octanol–water partition coefficient (Wildman–Crippen LogP) is 7.21. The van der Waals surface area contributed by atoms with Crippen molar-refractivity contribution in [1.82, 2.24) is 4.98 Å². The van der Waals surface area contributed by atoms with Crippen LogP contribution in [0.1, 0.15) is 96.2 Å². The van der Waals surface area contributed by atoms with Gasteiger partial charge in [0.2, 0.25) is 0 Å². The summed E-state index contributed by atoms with van der Waals surface area (Å²) in [7, 11) is 4.10. The van der Waals surface area contributed by atoms with E-state index >= 15 is 0 Å². The predicted molar refractivity (Wildman–Crippen MR) is 193 cm³/mol.